The van der Waals surface area contributed by atoms with Gasteiger partial charge in [-0.05, 0) is 37.0 Å². The molecule has 26 heavy (non-hydrogen) atoms. The molecule has 0 radical (unpaired) electrons. The average molecular weight is 358 g/mol. The van der Waals surface area contributed by atoms with Crippen LogP contribution in [0.3, 0.4) is 0 Å². The SMILES string of the molecule is O=C(CCc1cccc(F)c1)NCC1(O)CCCN(c2cnccn2)C1. The summed E-state index contributed by atoms with van der Waals surface area (Å²) in [7, 11) is 0. The van der Waals surface area contributed by atoms with Gasteiger partial charge in [-0.25, -0.2) is 9.37 Å². The third-order valence-electron chi connectivity index (χ3n) is 4.57. The Kier molecular flexibility index (Phi) is 5.78. The number of piperidine rings is 1. The predicted octanol–water partition coefficient (Wildman–Crippen LogP) is 1.70. The van der Waals surface area contributed by atoms with Gasteiger partial charge in [-0.3, -0.25) is 9.78 Å². The number of rotatable bonds is 6. The molecule has 2 heterocycles. The van der Waals surface area contributed by atoms with E-state index >= 15 is 0 Å². The Morgan fingerprint density at radius 2 is 2.27 bits per heavy atom. The van der Waals surface area contributed by atoms with Crippen molar-refractivity contribution in [1.29, 1.82) is 0 Å². The van der Waals surface area contributed by atoms with E-state index in [0.29, 0.717) is 19.4 Å². The number of benzene rings is 1. The third-order valence-corrected chi connectivity index (χ3v) is 4.57. The summed E-state index contributed by atoms with van der Waals surface area (Å²) in [6, 6.07) is 6.24. The van der Waals surface area contributed by atoms with Crippen molar-refractivity contribution in [1.82, 2.24) is 15.3 Å². The van der Waals surface area contributed by atoms with Crippen molar-refractivity contribution in [2.45, 2.75) is 31.3 Å². The number of hydrogen-bond acceptors (Lipinski definition) is 5. The van der Waals surface area contributed by atoms with E-state index in [4.69, 9.17) is 0 Å². The first-order valence-corrected chi connectivity index (χ1v) is 8.79. The van der Waals surface area contributed by atoms with E-state index in [-0.39, 0.29) is 24.7 Å². The summed E-state index contributed by atoms with van der Waals surface area (Å²) < 4.78 is 13.2. The molecule has 7 heteroatoms. The molecule has 3 rings (SSSR count). The Hall–Kier alpha value is -2.54. The van der Waals surface area contributed by atoms with Crippen LogP contribution in [0.5, 0.6) is 0 Å². The van der Waals surface area contributed by atoms with Crippen LogP contribution in [0.4, 0.5) is 10.2 Å². The molecule has 0 saturated carbocycles. The van der Waals surface area contributed by atoms with Crippen LogP contribution in [0, 0.1) is 5.82 Å². The number of amides is 1. The van der Waals surface area contributed by atoms with Crippen LogP contribution in [0.2, 0.25) is 0 Å². The van der Waals surface area contributed by atoms with Gasteiger partial charge in [-0.15, -0.1) is 0 Å². The van der Waals surface area contributed by atoms with Crippen molar-refractivity contribution in [3.05, 3.63) is 54.2 Å². The summed E-state index contributed by atoms with van der Waals surface area (Å²) in [4.78, 5) is 22.4. The van der Waals surface area contributed by atoms with Crippen molar-refractivity contribution in [3.63, 3.8) is 0 Å². The fourth-order valence-electron chi connectivity index (χ4n) is 3.21. The van der Waals surface area contributed by atoms with Gasteiger partial charge in [0.05, 0.1) is 11.8 Å². The molecule has 1 atom stereocenters. The van der Waals surface area contributed by atoms with Crippen molar-refractivity contribution in [2.75, 3.05) is 24.5 Å². The van der Waals surface area contributed by atoms with E-state index in [0.717, 1.165) is 24.3 Å². The number of β-amino-alcohol motifs (C(OH)–C–C–N with tert-alkyl or cyclic N) is 1. The molecule has 6 nitrogen and oxygen atoms in total. The Morgan fingerprint density at radius 3 is 3.04 bits per heavy atom. The van der Waals surface area contributed by atoms with Crippen LogP contribution in [0.15, 0.2) is 42.9 Å². The van der Waals surface area contributed by atoms with Gasteiger partial charge in [-0.2, -0.15) is 0 Å². The first kappa shape index (κ1) is 18.3. The van der Waals surface area contributed by atoms with E-state index in [1.54, 1.807) is 30.7 Å². The molecule has 1 aliphatic heterocycles. The van der Waals surface area contributed by atoms with Gasteiger partial charge in [0.15, 0.2) is 0 Å². The minimum Gasteiger partial charge on any atom is -0.386 e. The van der Waals surface area contributed by atoms with Crippen LogP contribution in [0.25, 0.3) is 0 Å². The molecule has 1 unspecified atom stereocenters. The summed E-state index contributed by atoms with van der Waals surface area (Å²) in [6.07, 6.45) is 7.06. The van der Waals surface area contributed by atoms with Crippen LogP contribution >= 0.6 is 0 Å². The standard InChI is InChI=1S/C19H23FN4O2/c20-16-4-1-3-15(11-16)5-6-18(25)23-13-19(26)7-2-10-24(14-19)17-12-21-8-9-22-17/h1,3-4,8-9,11-12,26H,2,5-7,10,13-14H2,(H,23,25). The van der Waals surface area contributed by atoms with Crippen LogP contribution in [0.1, 0.15) is 24.8 Å². The fraction of sp³-hybridized carbons (Fsp3) is 0.421. The summed E-state index contributed by atoms with van der Waals surface area (Å²) in [5.74, 6) is 0.269. The molecule has 0 spiro atoms. The predicted molar refractivity (Wildman–Crippen MR) is 96.2 cm³/mol. The number of aliphatic hydroxyl groups is 1. The van der Waals surface area contributed by atoms with E-state index < -0.39 is 5.60 Å². The highest BCUT2D eigenvalue weighted by molar-refractivity contribution is 5.76. The summed E-state index contributed by atoms with van der Waals surface area (Å²) in [5.41, 5.74) is -0.213. The second-order valence-corrected chi connectivity index (χ2v) is 6.72. The number of aryl methyl sites for hydroxylation is 1. The summed E-state index contributed by atoms with van der Waals surface area (Å²) in [5, 5.41) is 13.6. The lowest BCUT2D eigenvalue weighted by Crippen LogP contribution is -2.54. The van der Waals surface area contributed by atoms with Gasteiger partial charge < -0.3 is 15.3 Å². The molecular weight excluding hydrogens is 335 g/mol. The molecular formula is C19H23FN4O2. The van der Waals surface area contributed by atoms with Gasteiger partial charge in [0, 0.05) is 38.4 Å². The van der Waals surface area contributed by atoms with Crippen molar-refractivity contribution in [2.24, 2.45) is 0 Å². The quantitative estimate of drug-likeness (QED) is 0.822. The normalized spacial score (nSPS) is 20.0. The maximum absolute atomic E-state index is 13.2. The van der Waals surface area contributed by atoms with Crippen molar-refractivity contribution >= 4 is 11.7 Å². The molecule has 1 amide bonds. The van der Waals surface area contributed by atoms with Crippen LogP contribution in [-0.2, 0) is 11.2 Å². The largest absolute Gasteiger partial charge is 0.386 e. The van der Waals surface area contributed by atoms with Crippen molar-refractivity contribution in [3.8, 4) is 0 Å². The number of carbonyl (C=O) groups is 1. The average Bonchev–Trinajstić information content (AvgIpc) is 2.66. The maximum atomic E-state index is 13.2. The summed E-state index contributed by atoms with van der Waals surface area (Å²) in [6.45, 7) is 1.39. The number of carbonyl (C=O) groups excluding carboxylic acids is 1. The van der Waals surface area contributed by atoms with Gasteiger partial charge in [0.25, 0.3) is 0 Å². The fourth-order valence-corrected chi connectivity index (χ4v) is 3.21. The topological polar surface area (TPSA) is 78.4 Å². The number of anilines is 1. The second-order valence-electron chi connectivity index (χ2n) is 6.72. The Balaban J connectivity index is 1.49. The first-order valence-electron chi connectivity index (χ1n) is 8.79. The molecule has 0 bridgehead atoms. The second kappa shape index (κ2) is 8.23. The Morgan fingerprint density at radius 1 is 1.38 bits per heavy atom. The number of nitrogens with one attached hydrogen (secondary N) is 1. The van der Waals surface area contributed by atoms with E-state index in [1.165, 1.54) is 12.1 Å². The highest BCUT2D eigenvalue weighted by atomic mass is 19.1. The molecule has 2 N–H and O–H groups in total. The monoisotopic (exact) mass is 358 g/mol. The lowest BCUT2D eigenvalue weighted by atomic mass is 9.92. The third kappa shape index (κ3) is 4.98. The first-order chi connectivity index (χ1) is 12.5. The van der Waals surface area contributed by atoms with Crippen LogP contribution in [-0.4, -0.2) is 46.2 Å². The van der Waals surface area contributed by atoms with Gasteiger partial charge in [-0.1, -0.05) is 12.1 Å². The number of halogens is 1. The smallest absolute Gasteiger partial charge is 0.220 e. The number of nitrogens with zero attached hydrogens (tertiary/aromatic N) is 3. The molecule has 1 fully saturated rings. The molecule has 1 aromatic heterocycles. The molecule has 2 aromatic rings. The molecule has 1 aromatic carbocycles. The lowest BCUT2D eigenvalue weighted by Gasteiger charge is -2.39. The molecule has 1 aliphatic rings. The van der Waals surface area contributed by atoms with Gasteiger partial charge >= 0.3 is 0 Å². The Bertz CT molecular complexity index is 743. The van der Waals surface area contributed by atoms with Gasteiger partial charge in [0.1, 0.15) is 11.6 Å². The lowest BCUT2D eigenvalue weighted by molar-refractivity contribution is -0.122. The molecule has 1 saturated heterocycles. The van der Waals surface area contributed by atoms with Crippen molar-refractivity contribution < 1.29 is 14.3 Å². The van der Waals surface area contributed by atoms with Gasteiger partial charge in [0.2, 0.25) is 5.91 Å². The number of aromatic nitrogens is 2. The minimum absolute atomic E-state index is 0.153. The maximum Gasteiger partial charge on any atom is 0.220 e. The number of hydrogen-bond donors (Lipinski definition) is 2. The summed E-state index contributed by atoms with van der Waals surface area (Å²) >= 11 is 0. The Labute approximate surface area is 152 Å². The van der Waals surface area contributed by atoms with E-state index in [9.17, 15) is 14.3 Å². The van der Waals surface area contributed by atoms with Crippen LogP contribution < -0.4 is 10.2 Å². The molecule has 138 valence electrons. The highest BCUT2D eigenvalue weighted by Crippen LogP contribution is 2.24. The molecule has 0 aliphatic carbocycles. The minimum atomic E-state index is -0.996. The highest BCUT2D eigenvalue weighted by Gasteiger charge is 2.34. The van der Waals surface area contributed by atoms with E-state index in [1.807, 2.05) is 4.90 Å². The zero-order valence-corrected chi connectivity index (χ0v) is 14.6. The zero-order valence-electron chi connectivity index (χ0n) is 14.6. The van der Waals surface area contributed by atoms with E-state index in [2.05, 4.69) is 15.3 Å². The zero-order chi connectivity index (χ0) is 18.4.